The Balaban J connectivity index is 1.26. The molecule has 238 valence electrons. The quantitative estimate of drug-likeness (QED) is 0.263. The largest absolute Gasteiger partial charge is 0.453 e. The van der Waals surface area contributed by atoms with Crippen molar-refractivity contribution in [1.82, 2.24) is 14.9 Å². The number of pyridine rings is 2. The van der Waals surface area contributed by atoms with Gasteiger partial charge in [-0.2, -0.15) is 0 Å². The molecule has 1 aliphatic heterocycles. The Kier molecular flexibility index (Phi) is 9.73. The number of piperazine rings is 1. The molecule has 2 fully saturated rings. The number of nitrogens with two attached hydrogens (primary N) is 1. The van der Waals surface area contributed by atoms with Gasteiger partial charge < -0.3 is 30.5 Å². The number of benzene rings is 2. The molecule has 2 aliphatic rings. The predicted molar refractivity (Wildman–Crippen MR) is 181 cm³/mol. The Hall–Kier alpha value is -4.96. The number of nitrogens with one attached hydrogen (secondary N) is 1. The van der Waals surface area contributed by atoms with Gasteiger partial charge in [0.1, 0.15) is 5.82 Å². The maximum absolute atomic E-state index is 13.3. The Bertz CT molecular complexity index is 1620. The van der Waals surface area contributed by atoms with E-state index in [1.807, 2.05) is 47.5 Å². The summed E-state index contributed by atoms with van der Waals surface area (Å²) in [5.74, 6) is 0.758. The number of rotatable bonds is 8. The molecule has 0 bridgehead atoms. The first kappa shape index (κ1) is 31.0. The van der Waals surface area contributed by atoms with Gasteiger partial charge >= 0.3 is 6.09 Å². The van der Waals surface area contributed by atoms with Gasteiger partial charge in [0.05, 0.1) is 24.0 Å². The van der Waals surface area contributed by atoms with Crippen LogP contribution in [-0.2, 0) is 11.3 Å². The van der Waals surface area contributed by atoms with Crippen molar-refractivity contribution in [2.75, 3.05) is 48.4 Å². The molecule has 2 aromatic carbocycles. The van der Waals surface area contributed by atoms with Crippen LogP contribution in [0.1, 0.15) is 41.6 Å². The van der Waals surface area contributed by atoms with Crippen molar-refractivity contribution in [3.63, 3.8) is 0 Å². The van der Waals surface area contributed by atoms with E-state index in [-0.39, 0.29) is 24.1 Å². The number of amides is 2. The predicted octanol–water partition coefficient (Wildman–Crippen LogP) is 5.56. The zero-order chi connectivity index (χ0) is 31.9. The van der Waals surface area contributed by atoms with Crippen molar-refractivity contribution < 1.29 is 14.3 Å². The smallest absolute Gasteiger partial charge is 0.410 e. The molecule has 6 rings (SSSR count). The van der Waals surface area contributed by atoms with Crippen LogP contribution in [0.4, 0.5) is 22.0 Å². The van der Waals surface area contributed by atoms with Gasteiger partial charge in [-0.25, -0.2) is 9.78 Å². The highest BCUT2D eigenvalue weighted by Gasteiger charge is 2.29. The number of nitrogens with zero attached hydrogens (tertiary/aromatic N) is 5. The van der Waals surface area contributed by atoms with Crippen LogP contribution >= 0.6 is 0 Å². The Morgan fingerprint density at radius 2 is 1.67 bits per heavy atom. The minimum absolute atomic E-state index is 0.0996. The molecule has 1 aliphatic carbocycles. The van der Waals surface area contributed by atoms with E-state index in [0.29, 0.717) is 12.1 Å². The van der Waals surface area contributed by atoms with Crippen LogP contribution in [-0.4, -0.2) is 72.2 Å². The van der Waals surface area contributed by atoms with Gasteiger partial charge in [0.15, 0.2) is 0 Å². The van der Waals surface area contributed by atoms with Crippen molar-refractivity contribution >= 4 is 29.2 Å². The van der Waals surface area contributed by atoms with Gasteiger partial charge in [-0.1, -0.05) is 30.3 Å². The van der Waals surface area contributed by atoms with Crippen LogP contribution in [0.3, 0.4) is 0 Å². The van der Waals surface area contributed by atoms with E-state index in [1.54, 1.807) is 24.5 Å². The average molecular weight is 620 g/mol. The van der Waals surface area contributed by atoms with E-state index in [4.69, 9.17) is 10.5 Å². The molecule has 1 saturated heterocycles. The Morgan fingerprint density at radius 3 is 2.39 bits per heavy atom. The maximum atomic E-state index is 13.3. The van der Waals surface area contributed by atoms with E-state index in [0.717, 1.165) is 85.7 Å². The second-order valence-corrected chi connectivity index (χ2v) is 12.0. The van der Waals surface area contributed by atoms with Gasteiger partial charge in [0.2, 0.25) is 0 Å². The van der Waals surface area contributed by atoms with Gasteiger partial charge in [0.25, 0.3) is 5.91 Å². The van der Waals surface area contributed by atoms with Crippen molar-refractivity contribution in [2.24, 2.45) is 5.73 Å². The third kappa shape index (κ3) is 7.29. The molecule has 2 amide bonds. The van der Waals surface area contributed by atoms with E-state index in [1.165, 1.54) is 7.11 Å². The lowest BCUT2D eigenvalue weighted by molar-refractivity contribution is 0.0879. The molecule has 46 heavy (non-hydrogen) atoms. The number of methoxy groups -OCH3 is 1. The summed E-state index contributed by atoms with van der Waals surface area (Å²) in [7, 11) is 1.43. The van der Waals surface area contributed by atoms with Crippen molar-refractivity contribution in [1.29, 1.82) is 0 Å². The third-order valence-corrected chi connectivity index (χ3v) is 8.97. The summed E-state index contributed by atoms with van der Waals surface area (Å²) in [4.78, 5) is 41.2. The minimum Gasteiger partial charge on any atom is -0.453 e. The third-order valence-electron chi connectivity index (χ3n) is 8.97. The molecule has 0 atom stereocenters. The van der Waals surface area contributed by atoms with Crippen molar-refractivity contribution in [3.05, 3.63) is 103 Å². The lowest BCUT2D eigenvalue weighted by Gasteiger charge is -2.37. The molecule has 3 heterocycles. The molecule has 10 heteroatoms. The number of carbonyl (C=O) groups excluding carboxylic acids is 2. The van der Waals surface area contributed by atoms with Crippen molar-refractivity contribution in [2.45, 2.75) is 44.3 Å². The number of hydrogen-bond donors (Lipinski definition) is 2. The molecule has 4 aromatic rings. The SMILES string of the molecule is COC(=O)N(Cc1cccc(-c2ccc(N3CCN(c4ccccn4)CC3)c(NC(=O)c3cccnc3)c2)c1)C1CCC(N)CC1. The second kappa shape index (κ2) is 14.4. The highest BCUT2D eigenvalue weighted by Crippen LogP contribution is 2.34. The van der Waals surface area contributed by atoms with Crippen molar-refractivity contribution in [3.8, 4) is 11.1 Å². The summed E-state index contributed by atoms with van der Waals surface area (Å²) in [5, 5.41) is 3.17. The summed E-state index contributed by atoms with van der Waals surface area (Å²) in [6.07, 6.45) is 8.26. The highest BCUT2D eigenvalue weighted by atomic mass is 16.5. The van der Waals surface area contributed by atoms with Crippen LogP contribution in [0.2, 0.25) is 0 Å². The molecular formula is C36H41N7O3. The van der Waals surface area contributed by atoms with Crippen LogP contribution in [0, 0.1) is 0 Å². The molecule has 0 spiro atoms. The first-order valence-electron chi connectivity index (χ1n) is 15.9. The topological polar surface area (TPSA) is 117 Å². The van der Waals surface area contributed by atoms with Gasteiger partial charge in [0, 0.05) is 63.4 Å². The molecule has 0 radical (unpaired) electrons. The Morgan fingerprint density at radius 1 is 0.891 bits per heavy atom. The molecule has 1 saturated carbocycles. The molecule has 2 aromatic heterocycles. The van der Waals surface area contributed by atoms with E-state index in [9.17, 15) is 9.59 Å². The summed E-state index contributed by atoms with van der Waals surface area (Å²) in [6, 6.07) is 24.2. The molecule has 10 nitrogen and oxygen atoms in total. The standard InChI is InChI=1S/C36H41N7O3/c1-46-36(45)43(31-13-11-30(37)12-14-31)25-26-6-4-7-27(22-26)28-10-15-33(32(23-28)40-35(44)29-8-5-16-38-24-29)41-18-20-42(21-19-41)34-9-2-3-17-39-34/h2-10,15-17,22-24,30-31H,11-14,18-21,25,37H2,1H3,(H,40,44). The van der Waals surface area contributed by atoms with Gasteiger partial charge in [-0.3, -0.25) is 9.78 Å². The zero-order valence-corrected chi connectivity index (χ0v) is 26.2. The molecular weight excluding hydrogens is 578 g/mol. The summed E-state index contributed by atoms with van der Waals surface area (Å²) < 4.78 is 5.17. The summed E-state index contributed by atoms with van der Waals surface area (Å²) >= 11 is 0. The normalized spacial score (nSPS) is 18.1. The van der Waals surface area contributed by atoms with Gasteiger partial charge in [-0.15, -0.1) is 0 Å². The minimum atomic E-state index is -0.321. The number of ether oxygens (including phenoxy) is 1. The highest BCUT2D eigenvalue weighted by molar-refractivity contribution is 6.06. The first-order valence-corrected chi connectivity index (χ1v) is 15.9. The molecule has 3 N–H and O–H groups in total. The Labute approximate surface area is 270 Å². The zero-order valence-electron chi connectivity index (χ0n) is 26.2. The lowest BCUT2D eigenvalue weighted by atomic mass is 9.90. The number of anilines is 3. The van der Waals surface area contributed by atoms with Crippen LogP contribution in [0.25, 0.3) is 11.1 Å². The van der Waals surface area contributed by atoms with E-state index >= 15 is 0 Å². The fourth-order valence-corrected chi connectivity index (χ4v) is 6.42. The molecule has 0 unspecified atom stereocenters. The number of carbonyl (C=O) groups is 2. The second-order valence-electron chi connectivity index (χ2n) is 12.0. The fourth-order valence-electron chi connectivity index (χ4n) is 6.42. The van der Waals surface area contributed by atoms with Crippen LogP contribution in [0.5, 0.6) is 0 Å². The number of hydrogen-bond acceptors (Lipinski definition) is 8. The fraction of sp³-hybridized carbons (Fsp3) is 0.333. The summed E-state index contributed by atoms with van der Waals surface area (Å²) in [5.41, 5.74) is 11.3. The lowest BCUT2D eigenvalue weighted by Crippen LogP contribution is -2.47. The number of aromatic nitrogens is 2. The maximum Gasteiger partial charge on any atom is 0.410 e. The first-order chi connectivity index (χ1) is 22.5. The van der Waals surface area contributed by atoms with Gasteiger partial charge in [-0.05, 0) is 84.8 Å². The average Bonchev–Trinajstić information content (AvgIpc) is 3.11. The van der Waals surface area contributed by atoms with Crippen LogP contribution < -0.4 is 20.9 Å². The van der Waals surface area contributed by atoms with Crippen LogP contribution in [0.15, 0.2) is 91.4 Å². The monoisotopic (exact) mass is 619 g/mol. The van der Waals surface area contributed by atoms with E-state index in [2.05, 4.69) is 49.4 Å². The summed E-state index contributed by atoms with van der Waals surface area (Å²) in [6.45, 7) is 3.66. The van der Waals surface area contributed by atoms with E-state index < -0.39 is 0 Å².